The van der Waals surface area contributed by atoms with Crippen LogP contribution >= 0.6 is 0 Å². The van der Waals surface area contributed by atoms with E-state index in [2.05, 4.69) is 27.5 Å². The second-order valence-corrected chi connectivity index (χ2v) is 9.79. The van der Waals surface area contributed by atoms with Crippen molar-refractivity contribution in [2.45, 2.75) is 37.8 Å². The Bertz CT molecular complexity index is 969. The monoisotopic (exact) mass is 429 g/mol. The third-order valence-electron chi connectivity index (χ3n) is 6.07. The number of hydrogen-bond acceptors (Lipinski definition) is 5. The number of benzene rings is 2. The second kappa shape index (κ2) is 9.47. The summed E-state index contributed by atoms with van der Waals surface area (Å²) in [6, 6.07) is 13.3. The first kappa shape index (κ1) is 21.3. The van der Waals surface area contributed by atoms with Gasteiger partial charge >= 0.3 is 0 Å². The lowest BCUT2D eigenvalue weighted by Crippen LogP contribution is -2.45. The molecule has 1 N–H and O–H groups in total. The number of piperazine rings is 1. The summed E-state index contributed by atoms with van der Waals surface area (Å²) in [5.41, 5.74) is 3.18. The van der Waals surface area contributed by atoms with Gasteiger partial charge in [-0.15, -0.1) is 0 Å². The van der Waals surface area contributed by atoms with E-state index in [1.807, 2.05) is 18.2 Å². The predicted molar refractivity (Wildman–Crippen MR) is 118 cm³/mol. The zero-order valence-corrected chi connectivity index (χ0v) is 18.5. The van der Waals surface area contributed by atoms with Crippen molar-refractivity contribution in [3.05, 3.63) is 59.2 Å². The lowest BCUT2D eigenvalue weighted by molar-refractivity contribution is 0.131. The summed E-state index contributed by atoms with van der Waals surface area (Å²) in [7, 11) is -3.58. The highest BCUT2D eigenvalue weighted by Gasteiger charge is 2.20. The summed E-state index contributed by atoms with van der Waals surface area (Å²) < 4.78 is 34.2. The smallest absolute Gasteiger partial charge is 0.240 e. The Hall–Kier alpha value is -1.93. The van der Waals surface area contributed by atoms with E-state index in [0.29, 0.717) is 18.0 Å². The van der Waals surface area contributed by atoms with Crippen molar-refractivity contribution in [1.29, 1.82) is 0 Å². The SMILES string of the molecule is CCN1CCN(Cc2ccccc2CNS(=O)(=O)c2ccc3c(c2)CCCO3)CC1. The molecule has 0 aliphatic carbocycles. The number of sulfonamides is 1. The van der Waals surface area contributed by atoms with Crippen LogP contribution in [0.5, 0.6) is 5.75 Å². The second-order valence-electron chi connectivity index (χ2n) is 8.03. The largest absolute Gasteiger partial charge is 0.493 e. The number of aryl methyl sites for hydroxylation is 1. The molecule has 2 aliphatic rings. The zero-order valence-electron chi connectivity index (χ0n) is 17.6. The van der Waals surface area contributed by atoms with Crippen LogP contribution in [0.1, 0.15) is 30.0 Å². The Morgan fingerprint density at radius 3 is 2.50 bits per heavy atom. The first-order valence-corrected chi connectivity index (χ1v) is 12.3. The zero-order chi connectivity index (χ0) is 21.0. The van der Waals surface area contributed by atoms with Crippen LogP contribution in [0.4, 0.5) is 0 Å². The van der Waals surface area contributed by atoms with Crippen LogP contribution in [0.25, 0.3) is 0 Å². The standard InChI is InChI=1S/C23H31N3O3S/c1-2-25-11-13-26(14-12-25)18-21-7-4-3-6-20(21)17-24-30(27,28)22-9-10-23-19(16-22)8-5-15-29-23/h3-4,6-7,9-10,16,24H,2,5,8,11-15,17-18H2,1H3. The van der Waals surface area contributed by atoms with Gasteiger partial charge in [-0.3, -0.25) is 4.90 Å². The Balaban J connectivity index is 1.42. The fourth-order valence-electron chi connectivity index (χ4n) is 4.15. The van der Waals surface area contributed by atoms with Gasteiger partial charge in [0.15, 0.2) is 0 Å². The van der Waals surface area contributed by atoms with E-state index in [1.54, 1.807) is 18.2 Å². The van der Waals surface area contributed by atoms with Gasteiger partial charge in [-0.25, -0.2) is 13.1 Å². The molecular weight excluding hydrogens is 398 g/mol. The Morgan fingerprint density at radius 1 is 1.00 bits per heavy atom. The summed E-state index contributed by atoms with van der Waals surface area (Å²) in [6.45, 7) is 9.42. The molecule has 0 saturated carbocycles. The van der Waals surface area contributed by atoms with Crippen LogP contribution in [-0.2, 0) is 29.5 Å². The number of rotatable bonds is 7. The average Bonchev–Trinajstić information content (AvgIpc) is 2.79. The van der Waals surface area contributed by atoms with Crippen molar-refractivity contribution in [2.24, 2.45) is 0 Å². The summed E-state index contributed by atoms with van der Waals surface area (Å²) in [4.78, 5) is 5.21. The molecule has 2 aliphatic heterocycles. The highest BCUT2D eigenvalue weighted by Crippen LogP contribution is 2.27. The van der Waals surface area contributed by atoms with Crippen molar-refractivity contribution in [3.8, 4) is 5.75 Å². The van der Waals surface area contributed by atoms with E-state index >= 15 is 0 Å². The number of likely N-dealkylation sites (N-methyl/N-ethyl adjacent to an activating group) is 1. The van der Waals surface area contributed by atoms with Gasteiger partial charge in [0, 0.05) is 39.3 Å². The minimum atomic E-state index is -3.58. The number of nitrogens with zero attached hydrogens (tertiary/aromatic N) is 2. The van der Waals surface area contributed by atoms with Gasteiger partial charge in [0.1, 0.15) is 5.75 Å². The molecule has 0 radical (unpaired) electrons. The van der Waals surface area contributed by atoms with Gasteiger partial charge < -0.3 is 9.64 Å². The molecule has 0 aromatic heterocycles. The molecule has 0 spiro atoms. The van der Waals surface area contributed by atoms with E-state index in [4.69, 9.17) is 4.74 Å². The van der Waals surface area contributed by atoms with Gasteiger partial charge in [0.2, 0.25) is 10.0 Å². The summed E-state index contributed by atoms with van der Waals surface area (Å²) in [6.07, 6.45) is 1.77. The molecule has 0 atom stereocenters. The van der Waals surface area contributed by atoms with Gasteiger partial charge in [-0.05, 0) is 54.3 Å². The molecule has 1 saturated heterocycles. The number of hydrogen-bond donors (Lipinski definition) is 1. The molecule has 30 heavy (non-hydrogen) atoms. The lowest BCUT2D eigenvalue weighted by Gasteiger charge is -2.34. The topological polar surface area (TPSA) is 61.9 Å². The van der Waals surface area contributed by atoms with E-state index in [1.165, 1.54) is 5.56 Å². The number of ether oxygens (including phenoxy) is 1. The van der Waals surface area contributed by atoms with Crippen molar-refractivity contribution in [2.75, 3.05) is 39.3 Å². The predicted octanol–water partition coefficient (Wildman–Crippen LogP) is 2.63. The molecule has 2 heterocycles. The van der Waals surface area contributed by atoms with Crippen molar-refractivity contribution in [3.63, 3.8) is 0 Å². The Labute approximate surface area is 179 Å². The molecule has 4 rings (SSSR count). The Morgan fingerprint density at radius 2 is 1.73 bits per heavy atom. The molecule has 2 aromatic rings. The highest BCUT2D eigenvalue weighted by molar-refractivity contribution is 7.89. The van der Waals surface area contributed by atoms with Crippen molar-refractivity contribution < 1.29 is 13.2 Å². The van der Waals surface area contributed by atoms with Crippen molar-refractivity contribution >= 4 is 10.0 Å². The molecule has 6 nitrogen and oxygen atoms in total. The van der Waals surface area contributed by atoms with Crippen LogP contribution in [0.3, 0.4) is 0 Å². The summed E-state index contributed by atoms with van der Waals surface area (Å²) in [5, 5.41) is 0. The molecule has 0 bridgehead atoms. The number of fused-ring (bicyclic) bond motifs is 1. The molecule has 2 aromatic carbocycles. The van der Waals surface area contributed by atoms with E-state index in [-0.39, 0.29) is 0 Å². The maximum Gasteiger partial charge on any atom is 0.240 e. The molecule has 162 valence electrons. The van der Waals surface area contributed by atoms with Gasteiger partial charge in [0.05, 0.1) is 11.5 Å². The first-order chi connectivity index (χ1) is 14.5. The lowest BCUT2D eigenvalue weighted by atomic mass is 10.1. The van der Waals surface area contributed by atoms with Gasteiger partial charge in [-0.2, -0.15) is 0 Å². The minimum absolute atomic E-state index is 0.293. The fourth-order valence-corrected chi connectivity index (χ4v) is 5.21. The maximum absolute atomic E-state index is 12.9. The third-order valence-corrected chi connectivity index (χ3v) is 7.47. The molecule has 1 fully saturated rings. The fraction of sp³-hybridized carbons (Fsp3) is 0.478. The van der Waals surface area contributed by atoms with E-state index in [0.717, 1.165) is 69.0 Å². The molecule has 7 heteroatoms. The molecule has 0 amide bonds. The van der Waals surface area contributed by atoms with Crippen LogP contribution < -0.4 is 9.46 Å². The third kappa shape index (κ3) is 5.03. The molecule has 0 unspecified atom stereocenters. The average molecular weight is 430 g/mol. The summed E-state index contributed by atoms with van der Waals surface area (Å²) in [5.74, 6) is 0.800. The van der Waals surface area contributed by atoms with Crippen LogP contribution in [0.2, 0.25) is 0 Å². The van der Waals surface area contributed by atoms with Crippen molar-refractivity contribution in [1.82, 2.24) is 14.5 Å². The van der Waals surface area contributed by atoms with E-state index < -0.39 is 10.0 Å². The van der Waals surface area contributed by atoms with Crippen LogP contribution in [0.15, 0.2) is 47.4 Å². The highest BCUT2D eigenvalue weighted by atomic mass is 32.2. The Kier molecular flexibility index (Phi) is 6.73. The van der Waals surface area contributed by atoms with E-state index in [9.17, 15) is 8.42 Å². The minimum Gasteiger partial charge on any atom is -0.493 e. The van der Waals surface area contributed by atoms with Crippen LogP contribution in [0, 0.1) is 0 Å². The van der Waals surface area contributed by atoms with Crippen LogP contribution in [-0.4, -0.2) is 57.5 Å². The number of nitrogens with one attached hydrogen (secondary N) is 1. The molecular formula is C23H31N3O3S. The van der Waals surface area contributed by atoms with Gasteiger partial charge in [-0.1, -0.05) is 31.2 Å². The normalized spacial score (nSPS) is 18.0. The maximum atomic E-state index is 12.9. The van der Waals surface area contributed by atoms with Gasteiger partial charge in [0.25, 0.3) is 0 Å². The quantitative estimate of drug-likeness (QED) is 0.733. The first-order valence-electron chi connectivity index (χ1n) is 10.8. The summed E-state index contributed by atoms with van der Waals surface area (Å²) >= 11 is 0.